The van der Waals surface area contributed by atoms with Crippen molar-refractivity contribution in [3.63, 3.8) is 0 Å². The van der Waals surface area contributed by atoms with Gasteiger partial charge in [0.2, 0.25) is 5.91 Å². The number of amides is 1. The summed E-state index contributed by atoms with van der Waals surface area (Å²) < 4.78 is 17.7. The molecule has 0 saturated heterocycles. The van der Waals surface area contributed by atoms with Gasteiger partial charge in [0.05, 0.1) is 38.9 Å². The molecule has 0 bridgehead atoms. The van der Waals surface area contributed by atoms with Crippen LogP contribution in [0.25, 0.3) is 10.9 Å². The van der Waals surface area contributed by atoms with E-state index in [0.717, 1.165) is 16.5 Å². The molecular formula is C25H29ClN2O5. The average Bonchev–Trinajstić information content (AvgIpc) is 3.08. The molecule has 0 saturated carbocycles. The first kappa shape index (κ1) is 24.8. The standard InChI is InChI=1S/C25H29ClN2O5/c1-4-32-13-14-33-12-11-27-24(29)16-21-17(2)28(23-10-9-20(31-3)15-22(21)23)25(30)18-5-7-19(26)8-6-18/h5-10,15H,4,11-14,16H2,1-3H3,(H,27,29). The van der Waals surface area contributed by atoms with Gasteiger partial charge in [-0.25, -0.2) is 0 Å². The average molecular weight is 473 g/mol. The quantitative estimate of drug-likeness (QED) is 0.426. The molecule has 0 aliphatic heterocycles. The summed E-state index contributed by atoms with van der Waals surface area (Å²) in [4.78, 5) is 26.0. The van der Waals surface area contributed by atoms with E-state index in [1.54, 1.807) is 42.0 Å². The van der Waals surface area contributed by atoms with Crippen LogP contribution in [-0.4, -0.2) is 56.5 Å². The summed E-state index contributed by atoms with van der Waals surface area (Å²) in [7, 11) is 1.59. The highest BCUT2D eigenvalue weighted by atomic mass is 35.5. The molecule has 0 radical (unpaired) electrons. The SMILES string of the molecule is CCOCCOCCNC(=O)Cc1c(C)n(C(=O)c2ccc(Cl)cc2)c2ccc(OC)cc12. The van der Waals surface area contributed by atoms with Crippen LogP contribution in [0.5, 0.6) is 5.75 Å². The number of ether oxygens (including phenoxy) is 3. The number of rotatable bonds is 11. The molecule has 7 nitrogen and oxygen atoms in total. The first-order chi connectivity index (χ1) is 16.0. The lowest BCUT2D eigenvalue weighted by Gasteiger charge is -2.09. The lowest BCUT2D eigenvalue weighted by atomic mass is 10.1. The molecule has 8 heteroatoms. The zero-order valence-corrected chi connectivity index (χ0v) is 19.9. The number of benzene rings is 2. The number of carbonyl (C=O) groups is 2. The molecule has 1 aromatic heterocycles. The number of aromatic nitrogens is 1. The molecule has 0 aliphatic carbocycles. The van der Waals surface area contributed by atoms with Crippen molar-refractivity contribution < 1.29 is 23.8 Å². The molecule has 0 aliphatic rings. The molecule has 3 aromatic rings. The van der Waals surface area contributed by atoms with Crippen LogP contribution in [0, 0.1) is 6.92 Å². The summed E-state index contributed by atoms with van der Waals surface area (Å²) in [5, 5.41) is 4.24. The second-order valence-corrected chi connectivity index (χ2v) is 7.87. The second kappa shape index (κ2) is 11.8. The Hall–Kier alpha value is -2.87. The molecule has 33 heavy (non-hydrogen) atoms. The normalized spacial score (nSPS) is 11.0. The number of carbonyl (C=O) groups excluding carboxylic acids is 2. The number of hydrogen-bond acceptors (Lipinski definition) is 5. The van der Waals surface area contributed by atoms with E-state index in [9.17, 15) is 9.59 Å². The van der Waals surface area contributed by atoms with E-state index in [2.05, 4.69) is 5.32 Å². The number of hydrogen-bond donors (Lipinski definition) is 1. The molecule has 0 spiro atoms. The van der Waals surface area contributed by atoms with Crippen LogP contribution in [0.2, 0.25) is 5.02 Å². The van der Waals surface area contributed by atoms with Gasteiger partial charge in [0.1, 0.15) is 5.75 Å². The van der Waals surface area contributed by atoms with Gasteiger partial charge in [0.25, 0.3) is 5.91 Å². The van der Waals surface area contributed by atoms with Crippen LogP contribution >= 0.6 is 11.6 Å². The lowest BCUT2D eigenvalue weighted by molar-refractivity contribution is -0.120. The van der Waals surface area contributed by atoms with Crippen molar-refractivity contribution in [2.45, 2.75) is 20.3 Å². The van der Waals surface area contributed by atoms with E-state index in [-0.39, 0.29) is 18.2 Å². The molecule has 1 heterocycles. The highest BCUT2D eigenvalue weighted by Gasteiger charge is 2.22. The molecule has 0 atom stereocenters. The second-order valence-electron chi connectivity index (χ2n) is 7.43. The number of methoxy groups -OCH3 is 1. The zero-order valence-electron chi connectivity index (χ0n) is 19.2. The third-order valence-corrected chi connectivity index (χ3v) is 5.57. The highest BCUT2D eigenvalue weighted by Crippen LogP contribution is 2.30. The van der Waals surface area contributed by atoms with Gasteiger partial charge < -0.3 is 19.5 Å². The van der Waals surface area contributed by atoms with Crippen LogP contribution in [0.3, 0.4) is 0 Å². The van der Waals surface area contributed by atoms with E-state index in [1.165, 1.54) is 0 Å². The Bertz CT molecular complexity index is 1110. The largest absolute Gasteiger partial charge is 0.497 e. The fraction of sp³-hybridized carbons (Fsp3) is 0.360. The summed E-state index contributed by atoms with van der Waals surface area (Å²) in [6.45, 7) is 6.25. The first-order valence-corrected chi connectivity index (χ1v) is 11.2. The Morgan fingerprint density at radius 2 is 1.76 bits per heavy atom. The van der Waals surface area contributed by atoms with Crippen LogP contribution in [0.1, 0.15) is 28.5 Å². The number of nitrogens with one attached hydrogen (secondary N) is 1. The Morgan fingerprint density at radius 3 is 2.45 bits per heavy atom. The Labute approximate surface area is 198 Å². The van der Waals surface area contributed by atoms with Gasteiger partial charge in [-0.05, 0) is 61.9 Å². The maximum Gasteiger partial charge on any atom is 0.262 e. The maximum atomic E-state index is 13.3. The van der Waals surface area contributed by atoms with Gasteiger partial charge in [-0.3, -0.25) is 14.2 Å². The predicted molar refractivity (Wildman–Crippen MR) is 128 cm³/mol. The Kier molecular flexibility index (Phi) is 8.88. The van der Waals surface area contributed by atoms with Gasteiger partial charge in [-0.1, -0.05) is 11.6 Å². The van der Waals surface area contributed by atoms with Crippen LogP contribution in [0.15, 0.2) is 42.5 Å². The van der Waals surface area contributed by atoms with Crippen LogP contribution < -0.4 is 10.1 Å². The monoisotopic (exact) mass is 472 g/mol. The van der Waals surface area contributed by atoms with Gasteiger partial charge in [-0.2, -0.15) is 0 Å². The predicted octanol–water partition coefficient (Wildman–Crippen LogP) is 4.01. The molecule has 1 N–H and O–H groups in total. The topological polar surface area (TPSA) is 78.8 Å². The van der Waals surface area contributed by atoms with E-state index in [1.807, 2.05) is 26.0 Å². The van der Waals surface area contributed by atoms with E-state index in [4.69, 9.17) is 25.8 Å². The first-order valence-electron chi connectivity index (χ1n) is 10.9. The van der Waals surface area contributed by atoms with Crippen LogP contribution in [-0.2, 0) is 20.7 Å². The van der Waals surface area contributed by atoms with Gasteiger partial charge in [-0.15, -0.1) is 0 Å². The molecule has 0 fully saturated rings. The van der Waals surface area contributed by atoms with Gasteiger partial charge in [0, 0.05) is 34.8 Å². The fourth-order valence-electron chi connectivity index (χ4n) is 3.65. The highest BCUT2D eigenvalue weighted by molar-refractivity contribution is 6.30. The van der Waals surface area contributed by atoms with Crippen LogP contribution in [0.4, 0.5) is 0 Å². The van der Waals surface area contributed by atoms with Crippen molar-refractivity contribution in [1.29, 1.82) is 0 Å². The number of nitrogens with zero attached hydrogens (tertiary/aromatic N) is 1. The van der Waals surface area contributed by atoms with Crippen molar-refractivity contribution in [3.05, 3.63) is 64.3 Å². The van der Waals surface area contributed by atoms with E-state index >= 15 is 0 Å². The van der Waals surface area contributed by atoms with E-state index < -0.39 is 0 Å². The minimum absolute atomic E-state index is 0.134. The molecule has 1 amide bonds. The Balaban J connectivity index is 1.81. The van der Waals surface area contributed by atoms with Gasteiger partial charge in [0.15, 0.2) is 0 Å². The van der Waals surface area contributed by atoms with Crippen molar-refractivity contribution in [3.8, 4) is 5.75 Å². The fourth-order valence-corrected chi connectivity index (χ4v) is 3.77. The van der Waals surface area contributed by atoms with Crippen molar-refractivity contribution >= 4 is 34.3 Å². The van der Waals surface area contributed by atoms with Crippen molar-refractivity contribution in [2.75, 3.05) is 40.1 Å². The molecule has 2 aromatic carbocycles. The molecular weight excluding hydrogens is 444 g/mol. The summed E-state index contributed by atoms with van der Waals surface area (Å²) in [5.74, 6) is 0.323. The molecule has 0 unspecified atom stereocenters. The number of halogens is 1. The smallest absolute Gasteiger partial charge is 0.262 e. The maximum absolute atomic E-state index is 13.3. The summed E-state index contributed by atoms with van der Waals surface area (Å²) in [6.07, 6.45) is 0.134. The third-order valence-electron chi connectivity index (χ3n) is 5.32. The summed E-state index contributed by atoms with van der Waals surface area (Å²) in [6, 6.07) is 12.2. The Morgan fingerprint density at radius 1 is 1.03 bits per heavy atom. The zero-order chi connectivity index (χ0) is 23.8. The molecule has 3 rings (SSSR count). The molecule has 176 valence electrons. The van der Waals surface area contributed by atoms with Gasteiger partial charge >= 0.3 is 0 Å². The minimum Gasteiger partial charge on any atom is -0.497 e. The van der Waals surface area contributed by atoms with E-state index in [0.29, 0.717) is 55.0 Å². The number of fused-ring (bicyclic) bond motifs is 1. The summed E-state index contributed by atoms with van der Waals surface area (Å²) >= 11 is 5.98. The van der Waals surface area contributed by atoms with Crippen molar-refractivity contribution in [2.24, 2.45) is 0 Å². The lowest BCUT2D eigenvalue weighted by Crippen LogP contribution is -2.29. The summed E-state index contributed by atoms with van der Waals surface area (Å²) in [5.41, 5.74) is 2.72. The third kappa shape index (κ3) is 6.13. The minimum atomic E-state index is -0.186. The van der Waals surface area contributed by atoms with Crippen molar-refractivity contribution in [1.82, 2.24) is 9.88 Å².